The van der Waals surface area contributed by atoms with Crippen molar-refractivity contribution in [3.05, 3.63) is 23.8 Å². The minimum atomic E-state index is -1.03. The van der Waals surface area contributed by atoms with E-state index >= 15 is 0 Å². The van der Waals surface area contributed by atoms with Crippen LogP contribution in [-0.4, -0.2) is 23.8 Å². The van der Waals surface area contributed by atoms with Crippen LogP contribution >= 0.6 is 9.39 Å². The first-order chi connectivity index (χ1) is 6.56. The highest BCUT2D eigenvalue weighted by atomic mass is 31.0. The van der Waals surface area contributed by atoms with Crippen LogP contribution in [0.1, 0.15) is 6.92 Å². The van der Waals surface area contributed by atoms with Gasteiger partial charge in [0.25, 0.3) is 5.95 Å². The maximum atomic E-state index is 10.8. The summed E-state index contributed by atoms with van der Waals surface area (Å²) in [6.07, 6.45) is -0.373. The van der Waals surface area contributed by atoms with Crippen molar-refractivity contribution >= 4 is 15.4 Å². The number of aliphatic carboxylic acids is 1. The Morgan fingerprint density at radius 3 is 2.79 bits per heavy atom. The third kappa shape index (κ3) is 2.17. The van der Waals surface area contributed by atoms with Crippen molar-refractivity contribution in [2.45, 2.75) is 13.0 Å². The van der Waals surface area contributed by atoms with Crippen molar-refractivity contribution in [2.75, 3.05) is 6.61 Å². The van der Waals surface area contributed by atoms with Crippen LogP contribution in [0.25, 0.3) is 0 Å². The molecule has 1 heterocycles. The molecule has 6 heteroatoms. The van der Waals surface area contributed by atoms with E-state index in [9.17, 15) is 4.79 Å². The van der Waals surface area contributed by atoms with Gasteiger partial charge in [-0.2, -0.15) is 0 Å². The number of nitrogens with one attached hydrogen (secondary N) is 1. The van der Waals surface area contributed by atoms with Gasteiger partial charge in [0.05, 0.1) is 0 Å². The molecule has 1 saturated heterocycles. The maximum absolute atomic E-state index is 10.8. The van der Waals surface area contributed by atoms with Gasteiger partial charge in [0.2, 0.25) is 0 Å². The third-order valence-corrected chi connectivity index (χ3v) is 2.19. The quantitative estimate of drug-likeness (QED) is 0.535. The highest BCUT2D eigenvalue weighted by Gasteiger charge is 2.26. The molecule has 0 spiro atoms. The lowest BCUT2D eigenvalue weighted by atomic mass is 10.1. The molecule has 1 aliphatic rings. The second-order valence-electron chi connectivity index (χ2n) is 2.80. The van der Waals surface area contributed by atoms with Crippen LogP contribution in [0.3, 0.4) is 0 Å². The number of carboxylic acids is 1. The number of hydrogen-bond acceptors (Lipinski definition) is 4. The fourth-order valence-electron chi connectivity index (χ4n) is 1.11. The summed E-state index contributed by atoms with van der Waals surface area (Å²) in [6.45, 7) is 5.45. The molecule has 1 fully saturated rings. The molecule has 0 radical (unpaired) electrons. The molecule has 5 nitrogen and oxygen atoms in total. The number of carboxylic acid groups (broad SMARTS) is 1. The Morgan fingerprint density at radius 1 is 1.79 bits per heavy atom. The Bertz CT molecular complexity index is 300. The molecule has 1 aliphatic heterocycles. The number of carbonyl (C=O) groups is 1. The van der Waals surface area contributed by atoms with Crippen LogP contribution in [0.2, 0.25) is 0 Å². The molecule has 2 N–H and O–H groups in total. The largest absolute Gasteiger partial charge is 0.477 e. The molecule has 14 heavy (non-hydrogen) atoms. The molecule has 0 saturated carbocycles. The van der Waals surface area contributed by atoms with Crippen LogP contribution in [-0.2, 0) is 14.3 Å². The Balaban J connectivity index is 2.84. The van der Waals surface area contributed by atoms with Gasteiger partial charge >= 0.3 is 5.97 Å². The van der Waals surface area contributed by atoms with E-state index in [4.69, 9.17) is 14.6 Å². The van der Waals surface area contributed by atoms with E-state index in [2.05, 4.69) is 21.1 Å². The first-order valence-corrected chi connectivity index (χ1v) is 4.53. The monoisotopic (exact) mass is 217 g/mol. The Hall–Kier alpha value is -1.22. The number of rotatable bonds is 3. The van der Waals surface area contributed by atoms with Crippen LogP contribution in [0.4, 0.5) is 0 Å². The summed E-state index contributed by atoms with van der Waals surface area (Å²) in [5, 5.41) is 11.3. The molecule has 0 aliphatic carbocycles. The minimum absolute atomic E-state index is 0.0956. The predicted molar refractivity (Wildman–Crippen MR) is 53.1 cm³/mol. The maximum Gasteiger partial charge on any atom is 0.352 e. The molecule has 0 aromatic carbocycles. The van der Waals surface area contributed by atoms with Crippen LogP contribution in [0.5, 0.6) is 0 Å². The van der Waals surface area contributed by atoms with Crippen molar-refractivity contribution < 1.29 is 19.4 Å². The summed E-state index contributed by atoms with van der Waals surface area (Å²) < 4.78 is 10.2. The SMILES string of the molecule is C=C1OC[C@H](/C(C)=C(\NP)C(=O)O)O1. The van der Waals surface area contributed by atoms with Crippen molar-refractivity contribution in [1.29, 1.82) is 0 Å². The Kier molecular flexibility index (Phi) is 3.36. The van der Waals surface area contributed by atoms with Crippen molar-refractivity contribution in [3.63, 3.8) is 0 Å². The molecular formula is C8H12NO4P. The van der Waals surface area contributed by atoms with E-state index in [-0.39, 0.29) is 17.7 Å². The molecule has 2 atom stereocenters. The zero-order valence-corrected chi connectivity index (χ0v) is 8.90. The normalized spacial score (nSPS) is 22.1. The molecule has 1 unspecified atom stereocenters. The lowest BCUT2D eigenvalue weighted by molar-refractivity contribution is -0.133. The first kappa shape index (κ1) is 10.9. The zero-order chi connectivity index (χ0) is 10.7. The fraction of sp³-hybridized carbons (Fsp3) is 0.375. The average Bonchev–Trinajstić information content (AvgIpc) is 2.52. The molecule has 0 aromatic heterocycles. The Labute approximate surface area is 84.0 Å². The summed E-state index contributed by atoms with van der Waals surface area (Å²) in [6, 6.07) is 0. The molecule has 0 aromatic rings. The van der Waals surface area contributed by atoms with E-state index in [1.807, 2.05) is 0 Å². The van der Waals surface area contributed by atoms with Gasteiger partial charge in [0, 0.05) is 5.57 Å². The van der Waals surface area contributed by atoms with Crippen molar-refractivity contribution in [3.8, 4) is 0 Å². The lowest BCUT2D eigenvalue weighted by Gasteiger charge is -2.11. The predicted octanol–water partition coefficient (Wildman–Crippen LogP) is 0.611. The third-order valence-electron chi connectivity index (χ3n) is 1.90. The van der Waals surface area contributed by atoms with Gasteiger partial charge in [-0.15, -0.1) is 0 Å². The smallest absolute Gasteiger partial charge is 0.352 e. The van der Waals surface area contributed by atoms with E-state index in [0.29, 0.717) is 12.2 Å². The second kappa shape index (κ2) is 4.33. The highest BCUT2D eigenvalue weighted by Crippen LogP contribution is 2.21. The fourth-order valence-corrected chi connectivity index (χ4v) is 1.47. The van der Waals surface area contributed by atoms with Crippen molar-refractivity contribution in [2.24, 2.45) is 0 Å². The first-order valence-electron chi connectivity index (χ1n) is 3.95. The van der Waals surface area contributed by atoms with E-state index in [1.54, 1.807) is 6.92 Å². The van der Waals surface area contributed by atoms with Crippen LogP contribution in [0, 0.1) is 0 Å². The summed E-state index contributed by atoms with van der Waals surface area (Å²) in [5.74, 6) is -0.804. The summed E-state index contributed by atoms with van der Waals surface area (Å²) in [7, 11) is 2.14. The summed E-state index contributed by atoms with van der Waals surface area (Å²) in [5.41, 5.74) is 0.671. The van der Waals surface area contributed by atoms with Gasteiger partial charge in [-0.05, 0) is 22.9 Å². The molecule has 0 amide bonds. The average molecular weight is 217 g/mol. The van der Waals surface area contributed by atoms with E-state index in [0.717, 1.165) is 0 Å². The standard InChI is InChI=1S/C8H12NO4P/c1-4(7(9-14)8(10)11)6-3-12-5(2)13-6/h6,9H,2-3,14H2,1H3,(H,10,11)/b7-4-/t6-/m1/s1. The van der Waals surface area contributed by atoms with Crippen molar-refractivity contribution in [1.82, 2.24) is 5.09 Å². The lowest BCUT2D eigenvalue weighted by Crippen LogP contribution is -2.21. The van der Waals surface area contributed by atoms with Gasteiger partial charge in [0.15, 0.2) is 6.10 Å². The van der Waals surface area contributed by atoms with E-state index in [1.165, 1.54) is 0 Å². The molecule has 1 rings (SSSR count). The topological polar surface area (TPSA) is 67.8 Å². The molecular weight excluding hydrogens is 205 g/mol. The Morgan fingerprint density at radius 2 is 2.43 bits per heavy atom. The van der Waals surface area contributed by atoms with Gasteiger partial charge in [-0.25, -0.2) is 4.79 Å². The zero-order valence-electron chi connectivity index (χ0n) is 7.74. The molecule has 78 valence electrons. The van der Waals surface area contributed by atoms with Gasteiger partial charge in [-0.1, -0.05) is 0 Å². The number of hydrogen-bond donors (Lipinski definition) is 2. The van der Waals surface area contributed by atoms with Crippen LogP contribution < -0.4 is 5.09 Å². The number of ether oxygens (including phenoxy) is 2. The minimum Gasteiger partial charge on any atom is -0.477 e. The van der Waals surface area contributed by atoms with E-state index < -0.39 is 5.97 Å². The van der Waals surface area contributed by atoms with Gasteiger partial charge in [-0.3, -0.25) is 0 Å². The summed E-state index contributed by atoms with van der Waals surface area (Å²) in [4.78, 5) is 10.8. The summed E-state index contributed by atoms with van der Waals surface area (Å²) >= 11 is 0. The molecule has 0 bridgehead atoms. The second-order valence-corrected chi connectivity index (χ2v) is 3.09. The van der Waals surface area contributed by atoms with Crippen LogP contribution in [0.15, 0.2) is 23.8 Å². The van der Waals surface area contributed by atoms with Gasteiger partial charge < -0.3 is 19.7 Å². The van der Waals surface area contributed by atoms with Gasteiger partial charge in [0.1, 0.15) is 12.3 Å². The highest BCUT2D eigenvalue weighted by molar-refractivity contribution is 7.14.